The molecule has 3 aromatic carbocycles. The van der Waals surface area contributed by atoms with Crippen LogP contribution in [0.15, 0.2) is 78.9 Å². The fourth-order valence-corrected chi connectivity index (χ4v) is 4.58. The number of anilines is 1. The van der Waals surface area contributed by atoms with Crippen LogP contribution in [0.5, 0.6) is 0 Å². The van der Waals surface area contributed by atoms with E-state index in [0.29, 0.717) is 11.3 Å². The number of nitrogens with zero attached hydrogens (tertiary/aromatic N) is 1. The van der Waals surface area contributed by atoms with Crippen LogP contribution in [0, 0.1) is 5.92 Å². The van der Waals surface area contributed by atoms with Crippen molar-refractivity contribution in [3.63, 3.8) is 0 Å². The van der Waals surface area contributed by atoms with Gasteiger partial charge in [-0.15, -0.1) is 0 Å². The second-order valence-electron chi connectivity index (χ2n) is 8.82. The van der Waals surface area contributed by atoms with Crippen molar-refractivity contribution >= 4 is 29.1 Å². The van der Waals surface area contributed by atoms with Gasteiger partial charge in [-0.25, -0.2) is 0 Å². The zero-order valence-corrected chi connectivity index (χ0v) is 20.1. The zero-order chi connectivity index (χ0) is 23.9. The van der Waals surface area contributed by atoms with Gasteiger partial charge in [-0.3, -0.25) is 14.5 Å². The summed E-state index contributed by atoms with van der Waals surface area (Å²) < 4.78 is 0. The molecule has 0 bridgehead atoms. The first-order chi connectivity index (χ1) is 16.5. The Bertz CT molecular complexity index is 1130. The summed E-state index contributed by atoms with van der Waals surface area (Å²) in [7, 11) is 0. The molecule has 0 spiro atoms. The van der Waals surface area contributed by atoms with E-state index in [2.05, 4.69) is 21.6 Å². The average Bonchev–Trinajstić information content (AvgIpc) is 2.85. The summed E-state index contributed by atoms with van der Waals surface area (Å²) in [6, 6.07) is 24.8. The molecule has 0 saturated carbocycles. The molecule has 4 rings (SSSR count). The molecule has 1 heterocycles. The maximum absolute atomic E-state index is 13.0. The smallest absolute Gasteiger partial charge is 0.253 e. The van der Waals surface area contributed by atoms with Gasteiger partial charge in [0.1, 0.15) is 0 Å². The Labute approximate surface area is 206 Å². The number of para-hydroxylation sites is 1. The van der Waals surface area contributed by atoms with Crippen molar-refractivity contribution in [3.8, 4) is 0 Å². The molecule has 2 amide bonds. The lowest BCUT2D eigenvalue weighted by molar-refractivity contribution is -0.121. The Morgan fingerprint density at radius 1 is 0.971 bits per heavy atom. The van der Waals surface area contributed by atoms with Crippen LogP contribution in [0.2, 0.25) is 5.02 Å². The highest BCUT2D eigenvalue weighted by molar-refractivity contribution is 6.30. The number of piperidine rings is 1. The first-order valence-corrected chi connectivity index (χ1v) is 12.1. The van der Waals surface area contributed by atoms with Gasteiger partial charge in [-0.05, 0) is 68.2 Å². The van der Waals surface area contributed by atoms with Crippen LogP contribution in [0.1, 0.15) is 47.3 Å². The number of nitrogens with one attached hydrogen (secondary N) is 2. The molecule has 1 atom stereocenters. The molecule has 1 aliphatic rings. The highest BCUT2D eigenvalue weighted by Crippen LogP contribution is 2.24. The minimum Gasteiger partial charge on any atom is -0.345 e. The number of likely N-dealkylation sites (tertiary alicyclic amines) is 1. The first-order valence-electron chi connectivity index (χ1n) is 11.7. The molecule has 6 heteroatoms. The zero-order valence-electron chi connectivity index (χ0n) is 19.3. The number of amides is 2. The topological polar surface area (TPSA) is 61.4 Å². The molecule has 0 unspecified atom stereocenters. The van der Waals surface area contributed by atoms with Gasteiger partial charge in [0.05, 0.1) is 17.3 Å². The number of benzene rings is 3. The predicted molar refractivity (Wildman–Crippen MR) is 137 cm³/mol. The van der Waals surface area contributed by atoms with E-state index >= 15 is 0 Å². The molecule has 1 saturated heterocycles. The SMILES string of the molecule is C[C@@H](NC(=O)c1ccccc1NC(=O)C1CCN(Cc2cccc(Cl)c2)CC1)c1ccccc1. The van der Waals surface area contributed by atoms with Gasteiger partial charge in [0, 0.05) is 17.5 Å². The van der Waals surface area contributed by atoms with Crippen LogP contribution >= 0.6 is 11.6 Å². The largest absolute Gasteiger partial charge is 0.345 e. The van der Waals surface area contributed by atoms with Crippen molar-refractivity contribution in [2.24, 2.45) is 5.92 Å². The number of halogens is 1. The third-order valence-electron chi connectivity index (χ3n) is 6.33. The molecular weight excluding hydrogens is 446 g/mol. The second-order valence-corrected chi connectivity index (χ2v) is 9.26. The molecule has 3 aromatic rings. The third-order valence-corrected chi connectivity index (χ3v) is 6.57. The number of carbonyl (C=O) groups excluding carboxylic acids is 2. The monoisotopic (exact) mass is 475 g/mol. The van der Waals surface area contributed by atoms with Crippen molar-refractivity contribution in [1.82, 2.24) is 10.2 Å². The standard InChI is InChI=1S/C28H30ClN3O2/c1-20(22-9-3-2-4-10-22)30-28(34)25-12-5-6-13-26(25)31-27(33)23-14-16-32(17-15-23)19-21-8-7-11-24(29)18-21/h2-13,18,20,23H,14-17,19H2,1H3,(H,30,34)(H,31,33)/t20-/m1/s1. The van der Waals surface area contributed by atoms with Gasteiger partial charge >= 0.3 is 0 Å². The van der Waals surface area contributed by atoms with E-state index < -0.39 is 0 Å². The lowest BCUT2D eigenvalue weighted by Crippen LogP contribution is -2.38. The van der Waals surface area contributed by atoms with Crippen molar-refractivity contribution < 1.29 is 9.59 Å². The first kappa shape index (κ1) is 24.0. The van der Waals surface area contributed by atoms with Crippen LogP contribution in [-0.4, -0.2) is 29.8 Å². The second kappa shape index (κ2) is 11.3. The maximum Gasteiger partial charge on any atom is 0.253 e. The van der Waals surface area contributed by atoms with Gasteiger partial charge < -0.3 is 10.6 Å². The number of rotatable bonds is 7. The van der Waals surface area contributed by atoms with Crippen LogP contribution in [0.4, 0.5) is 5.69 Å². The van der Waals surface area contributed by atoms with Gasteiger partial charge in [-0.2, -0.15) is 0 Å². The van der Waals surface area contributed by atoms with Gasteiger partial charge in [0.25, 0.3) is 5.91 Å². The Morgan fingerprint density at radius 2 is 1.68 bits per heavy atom. The molecular formula is C28H30ClN3O2. The van der Waals surface area contributed by atoms with E-state index in [-0.39, 0.29) is 23.8 Å². The fraction of sp³-hybridized carbons (Fsp3) is 0.286. The molecule has 2 N–H and O–H groups in total. The Balaban J connectivity index is 1.33. The average molecular weight is 476 g/mol. The maximum atomic E-state index is 13.0. The molecule has 176 valence electrons. The van der Waals surface area contributed by atoms with Crippen molar-refractivity contribution in [3.05, 3.63) is 101 Å². The van der Waals surface area contributed by atoms with E-state index in [1.807, 2.05) is 67.6 Å². The highest BCUT2D eigenvalue weighted by atomic mass is 35.5. The van der Waals surface area contributed by atoms with Gasteiger partial charge in [0.15, 0.2) is 0 Å². The predicted octanol–water partition coefficient (Wildman–Crippen LogP) is 5.68. The third kappa shape index (κ3) is 6.25. The Hall–Kier alpha value is -3.15. The molecule has 0 aromatic heterocycles. The van der Waals surface area contributed by atoms with Gasteiger partial charge in [0.2, 0.25) is 5.91 Å². The molecule has 34 heavy (non-hydrogen) atoms. The number of hydrogen-bond acceptors (Lipinski definition) is 3. The summed E-state index contributed by atoms with van der Waals surface area (Å²) in [5, 5.41) is 6.79. The minimum absolute atomic E-state index is 0.0289. The van der Waals surface area contributed by atoms with E-state index in [9.17, 15) is 9.59 Å². The summed E-state index contributed by atoms with van der Waals surface area (Å²) in [4.78, 5) is 28.3. The van der Waals surface area contributed by atoms with Crippen molar-refractivity contribution in [1.29, 1.82) is 0 Å². The fourth-order valence-electron chi connectivity index (χ4n) is 4.37. The van der Waals surface area contributed by atoms with Crippen LogP contribution in [0.25, 0.3) is 0 Å². The summed E-state index contributed by atoms with van der Waals surface area (Å²) in [5.41, 5.74) is 3.23. The molecule has 1 fully saturated rings. The van der Waals surface area contributed by atoms with Crippen molar-refractivity contribution in [2.75, 3.05) is 18.4 Å². The normalized spacial score (nSPS) is 15.5. The Morgan fingerprint density at radius 3 is 2.41 bits per heavy atom. The van der Waals surface area contributed by atoms with Crippen LogP contribution in [0.3, 0.4) is 0 Å². The van der Waals surface area contributed by atoms with Gasteiger partial charge in [-0.1, -0.05) is 66.2 Å². The summed E-state index contributed by atoms with van der Waals surface area (Å²) >= 11 is 6.10. The minimum atomic E-state index is -0.205. The Kier molecular flexibility index (Phi) is 7.99. The summed E-state index contributed by atoms with van der Waals surface area (Å²) in [6.45, 7) is 4.48. The number of carbonyl (C=O) groups is 2. The quantitative estimate of drug-likeness (QED) is 0.462. The van der Waals surface area contributed by atoms with Crippen LogP contribution in [-0.2, 0) is 11.3 Å². The van der Waals surface area contributed by atoms with E-state index in [4.69, 9.17) is 11.6 Å². The van der Waals surface area contributed by atoms with E-state index in [1.165, 1.54) is 5.56 Å². The van der Waals surface area contributed by atoms with E-state index in [1.54, 1.807) is 12.1 Å². The molecule has 0 aliphatic carbocycles. The summed E-state index contributed by atoms with van der Waals surface area (Å²) in [5.74, 6) is -0.308. The summed E-state index contributed by atoms with van der Waals surface area (Å²) in [6.07, 6.45) is 1.57. The molecule has 5 nitrogen and oxygen atoms in total. The van der Waals surface area contributed by atoms with Crippen molar-refractivity contribution in [2.45, 2.75) is 32.4 Å². The molecule has 1 aliphatic heterocycles. The lowest BCUT2D eigenvalue weighted by Gasteiger charge is -2.31. The molecule has 0 radical (unpaired) electrons. The van der Waals surface area contributed by atoms with Crippen LogP contribution < -0.4 is 10.6 Å². The lowest BCUT2D eigenvalue weighted by atomic mass is 9.95. The number of hydrogen-bond donors (Lipinski definition) is 2. The van der Waals surface area contributed by atoms with E-state index in [0.717, 1.165) is 43.1 Å². The highest BCUT2D eigenvalue weighted by Gasteiger charge is 2.26.